The van der Waals surface area contributed by atoms with E-state index in [1.807, 2.05) is 12.1 Å². The van der Waals surface area contributed by atoms with Crippen molar-refractivity contribution in [3.8, 4) is 28.7 Å². The van der Waals surface area contributed by atoms with Gasteiger partial charge in [-0.15, -0.1) is 0 Å². The Morgan fingerprint density at radius 1 is 1.08 bits per heavy atom. The van der Waals surface area contributed by atoms with Gasteiger partial charge in [0.05, 0.1) is 19.1 Å². The summed E-state index contributed by atoms with van der Waals surface area (Å²) in [6.07, 6.45) is 1.65. The fourth-order valence-electron chi connectivity index (χ4n) is 4.47. The molecule has 39 heavy (non-hydrogen) atoms. The number of aryl methyl sites for hydroxylation is 1. The second-order valence-electron chi connectivity index (χ2n) is 9.20. The van der Waals surface area contributed by atoms with E-state index in [2.05, 4.69) is 35.2 Å². The number of aromatic amines is 1. The Bertz CT molecular complexity index is 1640. The van der Waals surface area contributed by atoms with E-state index in [4.69, 9.17) is 9.72 Å². The number of nitrogens with one attached hydrogen (secondary N) is 2. The first-order valence-electron chi connectivity index (χ1n) is 12.4. The smallest absolute Gasteiger partial charge is 0.434 e. The Hall–Kier alpha value is -4.55. The number of benzene rings is 1. The molecule has 1 aromatic carbocycles. The van der Waals surface area contributed by atoms with Gasteiger partial charge in [-0.1, -0.05) is 24.3 Å². The molecule has 0 bridgehead atoms. The minimum absolute atomic E-state index is 0.273. The first kappa shape index (κ1) is 24.8. The van der Waals surface area contributed by atoms with E-state index < -0.39 is 11.9 Å². The highest BCUT2D eigenvalue weighted by Gasteiger charge is 2.35. The SMILES string of the molecule is CCn1cc(C(F)(F)F)nc1-c1ccc(CNc2nc(-c3c(OC)ncnc3C3CC3)nc3nc[nH]c23)cc1. The maximum absolute atomic E-state index is 13.2. The van der Waals surface area contributed by atoms with Gasteiger partial charge in [0, 0.05) is 30.8 Å². The molecule has 0 atom stereocenters. The predicted molar refractivity (Wildman–Crippen MR) is 137 cm³/mol. The van der Waals surface area contributed by atoms with Crippen LogP contribution in [0, 0.1) is 0 Å². The van der Waals surface area contributed by atoms with Crippen LogP contribution < -0.4 is 10.1 Å². The molecule has 1 aliphatic rings. The number of halogens is 3. The molecule has 0 spiro atoms. The quantitative estimate of drug-likeness (QED) is 0.278. The Kier molecular flexibility index (Phi) is 6.12. The van der Waals surface area contributed by atoms with Crippen LogP contribution in [-0.2, 0) is 19.3 Å². The number of ether oxygens (including phenoxy) is 1. The van der Waals surface area contributed by atoms with Crippen molar-refractivity contribution in [1.29, 1.82) is 0 Å². The topological polar surface area (TPSA) is 119 Å². The van der Waals surface area contributed by atoms with Crippen molar-refractivity contribution in [2.75, 3.05) is 12.4 Å². The first-order valence-corrected chi connectivity index (χ1v) is 12.4. The number of rotatable bonds is 8. The summed E-state index contributed by atoms with van der Waals surface area (Å²) >= 11 is 0. The van der Waals surface area contributed by atoms with E-state index in [0.29, 0.717) is 58.8 Å². The maximum atomic E-state index is 13.2. The standard InChI is InChI=1S/C26H24F3N9O/c1-3-38-11-17(26(27,28)29)35-24(38)16-6-4-14(5-7-16)10-30-22-20-23(33-12-32-20)37-21(36-22)18-19(15-8-9-15)31-13-34-25(18)39-2/h4-7,11-13,15H,3,8-10H2,1-2H3,(H2,30,32,33,36,37). The molecule has 0 radical (unpaired) electrons. The zero-order valence-corrected chi connectivity index (χ0v) is 21.1. The summed E-state index contributed by atoms with van der Waals surface area (Å²) in [7, 11) is 1.55. The third-order valence-corrected chi connectivity index (χ3v) is 6.59. The molecule has 0 saturated heterocycles. The molecule has 10 nitrogen and oxygen atoms in total. The van der Waals surface area contributed by atoms with Gasteiger partial charge in [0.2, 0.25) is 5.88 Å². The van der Waals surface area contributed by atoms with Crippen molar-refractivity contribution in [2.24, 2.45) is 0 Å². The molecule has 0 unspecified atom stereocenters. The molecule has 4 heterocycles. The number of H-pyrrole nitrogens is 1. The lowest BCUT2D eigenvalue weighted by atomic mass is 10.1. The van der Waals surface area contributed by atoms with Crippen LogP contribution >= 0.6 is 0 Å². The average molecular weight is 536 g/mol. The summed E-state index contributed by atoms with van der Waals surface area (Å²) in [4.78, 5) is 29.4. The summed E-state index contributed by atoms with van der Waals surface area (Å²) in [6, 6.07) is 7.21. The molecular formula is C26H24F3N9O. The summed E-state index contributed by atoms with van der Waals surface area (Å²) in [5.74, 6) is 1.96. The van der Waals surface area contributed by atoms with E-state index in [1.54, 1.807) is 32.5 Å². The monoisotopic (exact) mass is 535 g/mol. The predicted octanol–water partition coefficient (Wildman–Crippen LogP) is 5.21. The van der Waals surface area contributed by atoms with Crippen molar-refractivity contribution in [1.82, 2.24) is 39.5 Å². The Morgan fingerprint density at radius 2 is 1.87 bits per heavy atom. The molecule has 200 valence electrons. The lowest BCUT2D eigenvalue weighted by Crippen LogP contribution is -2.07. The first-order chi connectivity index (χ1) is 18.9. The Morgan fingerprint density at radius 3 is 2.56 bits per heavy atom. The van der Waals surface area contributed by atoms with E-state index in [9.17, 15) is 13.2 Å². The molecule has 4 aromatic heterocycles. The average Bonchev–Trinajstić information content (AvgIpc) is 3.50. The summed E-state index contributed by atoms with van der Waals surface area (Å²) < 4.78 is 46.5. The molecule has 0 aliphatic heterocycles. The van der Waals surface area contributed by atoms with Gasteiger partial charge in [-0.25, -0.2) is 29.9 Å². The van der Waals surface area contributed by atoms with Crippen LogP contribution in [0.5, 0.6) is 5.88 Å². The van der Waals surface area contributed by atoms with Crippen molar-refractivity contribution in [3.05, 3.63) is 60.1 Å². The minimum atomic E-state index is -4.50. The number of imidazole rings is 2. The molecule has 0 amide bonds. The van der Waals surface area contributed by atoms with Gasteiger partial charge in [-0.3, -0.25) is 0 Å². The highest BCUT2D eigenvalue weighted by Crippen LogP contribution is 2.45. The number of anilines is 1. The highest BCUT2D eigenvalue weighted by atomic mass is 19.4. The van der Waals surface area contributed by atoms with Gasteiger partial charge in [0.15, 0.2) is 23.0 Å². The van der Waals surface area contributed by atoms with Crippen molar-refractivity contribution >= 4 is 17.0 Å². The van der Waals surface area contributed by atoms with Crippen LogP contribution in [0.15, 0.2) is 43.1 Å². The zero-order valence-electron chi connectivity index (χ0n) is 21.1. The molecule has 1 fully saturated rings. The van der Waals surface area contributed by atoms with Crippen molar-refractivity contribution in [3.63, 3.8) is 0 Å². The van der Waals surface area contributed by atoms with E-state index in [0.717, 1.165) is 30.3 Å². The van der Waals surface area contributed by atoms with E-state index >= 15 is 0 Å². The Labute approximate surface area is 220 Å². The summed E-state index contributed by atoms with van der Waals surface area (Å²) in [5, 5.41) is 3.33. The van der Waals surface area contributed by atoms with Crippen LogP contribution in [0.3, 0.4) is 0 Å². The van der Waals surface area contributed by atoms with Crippen LogP contribution in [0.1, 0.15) is 42.6 Å². The van der Waals surface area contributed by atoms with Crippen molar-refractivity contribution in [2.45, 2.75) is 44.9 Å². The van der Waals surface area contributed by atoms with E-state index in [1.165, 1.54) is 10.9 Å². The number of methoxy groups -OCH3 is 1. The number of fused-ring (bicyclic) bond motifs is 1. The lowest BCUT2D eigenvalue weighted by molar-refractivity contribution is -0.140. The number of nitrogens with zero attached hydrogens (tertiary/aromatic N) is 7. The fourth-order valence-corrected chi connectivity index (χ4v) is 4.47. The molecular weight excluding hydrogens is 511 g/mol. The molecule has 5 aromatic rings. The summed E-state index contributed by atoms with van der Waals surface area (Å²) in [5.41, 5.74) is 3.23. The third kappa shape index (κ3) is 4.75. The van der Waals surface area contributed by atoms with Crippen LogP contribution in [0.2, 0.25) is 0 Å². The van der Waals surface area contributed by atoms with Gasteiger partial charge in [-0.2, -0.15) is 13.2 Å². The second kappa shape index (κ2) is 9.64. The molecule has 1 saturated carbocycles. The molecule has 2 N–H and O–H groups in total. The number of aromatic nitrogens is 8. The van der Waals surface area contributed by atoms with Gasteiger partial charge >= 0.3 is 6.18 Å². The third-order valence-electron chi connectivity index (χ3n) is 6.59. The van der Waals surface area contributed by atoms with E-state index in [-0.39, 0.29) is 5.82 Å². The maximum Gasteiger partial charge on any atom is 0.434 e. The molecule has 1 aliphatic carbocycles. The van der Waals surface area contributed by atoms with Crippen LogP contribution in [-0.4, -0.2) is 46.6 Å². The number of hydrogen-bond donors (Lipinski definition) is 2. The molecule has 13 heteroatoms. The zero-order chi connectivity index (χ0) is 27.1. The van der Waals surface area contributed by atoms with Crippen molar-refractivity contribution < 1.29 is 17.9 Å². The number of hydrogen-bond acceptors (Lipinski definition) is 8. The number of alkyl halides is 3. The highest BCUT2D eigenvalue weighted by molar-refractivity contribution is 5.85. The Balaban J connectivity index is 1.28. The lowest BCUT2D eigenvalue weighted by Gasteiger charge is -2.13. The molecule has 6 rings (SSSR count). The fraction of sp³-hybridized carbons (Fsp3) is 0.308. The van der Waals surface area contributed by atoms with Gasteiger partial charge in [0.25, 0.3) is 0 Å². The van der Waals surface area contributed by atoms with Crippen LogP contribution in [0.25, 0.3) is 33.9 Å². The minimum Gasteiger partial charge on any atom is -0.480 e. The second-order valence-corrected chi connectivity index (χ2v) is 9.20. The van der Waals surface area contributed by atoms with Gasteiger partial charge in [0.1, 0.15) is 23.2 Å². The largest absolute Gasteiger partial charge is 0.480 e. The summed E-state index contributed by atoms with van der Waals surface area (Å²) in [6.45, 7) is 2.55. The van der Waals surface area contributed by atoms with Crippen LogP contribution in [0.4, 0.5) is 19.0 Å². The van der Waals surface area contributed by atoms with Gasteiger partial charge in [-0.05, 0) is 25.3 Å². The normalized spacial score (nSPS) is 13.7. The van der Waals surface area contributed by atoms with Gasteiger partial charge < -0.3 is 19.6 Å².